The molecule has 5 rings (SSSR count). The molecular weight excluding hydrogens is 380 g/mol. The zero-order chi connectivity index (χ0) is 21.5. The minimum Gasteiger partial charge on any atom is -0.462 e. The lowest BCUT2D eigenvalue weighted by molar-refractivity contribution is -0.159. The van der Waals surface area contributed by atoms with Crippen molar-refractivity contribution >= 4 is 11.9 Å². The van der Waals surface area contributed by atoms with Crippen molar-refractivity contribution in [2.45, 2.75) is 103 Å². The van der Waals surface area contributed by atoms with Crippen molar-refractivity contribution in [1.29, 1.82) is 0 Å². The van der Waals surface area contributed by atoms with Gasteiger partial charge in [-0.2, -0.15) is 0 Å². The molecule has 0 radical (unpaired) electrons. The molecule has 5 heteroatoms. The van der Waals surface area contributed by atoms with E-state index >= 15 is 0 Å². The molecule has 5 aliphatic rings. The summed E-state index contributed by atoms with van der Waals surface area (Å²) in [6.07, 6.45) is 10.1. The summed E-state index contributed by atoms with van der Waals surface area (Å²) in [4.78, 5) is 23.1. The molecule has 30 heavy (non-hydrogen) atoms. The van der Waals surface area contributed by atoms with E-state index in [-0.39, 0.29) is 46.7 Å². The lowest BCUT2D eigenvalue weighted by Crippen LogP contribution is -2.55. The number of allylic oxidation sites excluding steroid dienone is 1. The van der Waals surface area contributed by atoms with E-state index in [1.165, 1.54) is 25.8 Å². The molecular formula is C25H36O5. The zero-order valence-corrected chi connectivity index (χ0v) is 19.0. The van der Waals surface area contributed by atoms with Gasteiger partial charge in [-0.3, -0.25) is 9.59 Å². The van der Waals surface area contributed by atoms with Crippen LogP contribution in [-0.4, -0.2) is 35.9 Å². The molecule has 0 aromatic heterocycles. The number of ether oxygens (including phenoxy) is 3. The molecule has 1 aliphatic heterocycles. The van der Waals surface area contributed by atoms with Crippen molar-refractivity contribution in [1.82, 2.24) is 0 Å². The number of carbonyl (C=O) groups is 2. The predicted octanol–water partition coefficient (Wildman–Crippen LogP) is 4.58. The molecule has 4 aliphatic carbocycles. The smallest absolute Gasteiger partial charge is 0.302 e. The van der Waals surface area contributed by atoms with Gasteiger partial charge in [0.05, 0.1) is 6.10 Å². The molecule has 4 fully saturated rings. The molecule has 0 amide bonds. The average Bonchev–Trinajstić information content (AvgIpc) is 3.33. The van der Waals surface area contributed by atoms with Gasteiger partial charge in [-0.05, 0) is 68.6 Å². The Morgan fingerprint density at radius 3 is 2.60 bits per heavy atom. The number of hydrogen-bond donors (Lipinski definition) is 0. The SMILES string of the molecule is CC(=O)O[C@H]1CC[C@@]2(C)C(=CC[C@H]3[C@H]2CC[C@@]2(C)[C@@H]3C[C@@H]3O[C@]32[C@H](C)OC(C)=O)C1. The first-order valence-electron chi connectivity index (χ1n) is 11.8. The maximum absolute atomic E-state index is 11.6. The van der Waals surface area contributed by atoms with Crippen LogP contribution in [0.3, 0.4) is 0 Å². The maximum Gasteiger partial charge on any atom is 0.302 e. The van der Waals surface area contributed by atoms with E-state index in [0.29, 0.717) is 17.8 Å². The van der Waals surface area contributed by atoms with E-state index in [4.69, 9.17) is 14.2 Å². The Morgan fingerprint density at radius 2 is 1.90 bits per heavy atom. The van der Waals surface area contributed by atoms with E-state index in [0.717, 1.165) is 38.5 Å². The van der Waals surface area contributed by atoms with Gasteiger partial charge < -0.3 is 14.2 Å². The summed E-state index contributed by atoms with van der Waals surface area (Å²) in [6, 6.07) is 0. The van der Waals surface area contributed by atoms with Crippen molar-refractivity contribution in [3.8, 4) is 0 Å². The molecule has 0 aromatic carbocycles. The lowest BCUT2D eigenvalue weighted by atomic mass is 9.47. The first-order valence-corrected chi connectivity index (χ1v) is 11.8. The van der Waals surface area contributed by atoms with Crippen molar-refractivity contribution in [2.75, 3.05) is 0 Å². The fraction of sp³-hybridized carbons (Fsp3) is 0.840. The Balaban J connectivity index is 1.40. The quantitative estimate of drug-likeness (QED) is 0.383. The topological polar surface area (TPSA) is 65.1 Å². The summed E-state index contributed by atoms with van der Waals surface area (Å²) >= 11 is 0. The summed E-state index contributed by atoms with van der Waals surface area (Å²) in [7, 11) is 0. The second-order valence-electron chi connectivity index (χ2n) is 11.1. The lowest BCUT2D eigenvalue weighted by Gasteiger charge is -2.58. The maximum atomic E-state index is 11.6. The van der Waals surface area contributed by atoms with Gasteiger partial charge in [-0.25, -0.2) is 0 Å². The molecule has 5 nitrogen and oxygen atoms in total. The highest BCUT2D eigenvalue weighted by atomic mass is 16.7. The fourth-order valence-electron chi connectivity index (χ4n) is 8.52. The van der Waals surface area contributed by atoms with Crippen LogP contribution in [0.2, 0.25) is 0 Å². The molecule has 0 bridgehead atoms. The Labute approximate surface area is 179 Å². The zero-order valence-electron chi connectivity index (χ0n) is 19.0. The highest BCUT2D eigenvalue weighted by Gasteiger charge is 2.79. The Morgan fingerprint density at radius 1 is 1.13 bits per heavy atom. The summed E-state index contributed by atoms with van der Waals surface area (Å²) in [5.41, 5.74) is 1.53. The standard InChI is InChI=1S/C25H36O5/c1-14(28-15(2)26)25-22(30-25)13-21-19-7-6-17-12-18(29-16(3)27)8-10-23(17,4)20(19)9-11-24(21,25)5/h6,14,18-22H,7-13H2,1-5H3/t14-,18-,19-,20+,21+,22-,23-,24-,25+/m0/s1. The largest absolute Gasteiger partial charge is 0.462 e. The van der Waals surface area contributed by atoms with Crippen LogP contribution in [0.1, 0.15) is 79.6 Å². The monoisotopic (exact) mass is 416 g/mol. The van der Waals surface area contributed by atoms with Crippen LogP contribution in [0.25, 0.3) is 0 Å². The van der Waals surface area contributed by atoms with Crippen molar-refractivity contribution < 1.29 is 23.8 Å². The second-order valence-corrected chi connectivity index (χ2v) is 11.1. The van der Waals surface area contributed by atoms with Crippen molar-refractivity contribution in [3.63, 3.8) is 0 Å². The molecule has 1 saturated heterocycles. The van der Waals surface area contributed by atoms with Crippen LogP contribution >= 0.6 is 0 Å². The van der Waals surface area contributed by atoms with Crippen LogP contribution in [0, 0.1) is 28.6 Å². The van der Waals surface area contributed by atoms with Crippen LogP contribution in [0.5, 0.6) is 0 Å². The first-order chi connectivity index (χ1) is 14.1. The van der Waals surface area contributed by atoms with Gasteiger partial charge in [0.1, 0.15) is 17.8 Å². The highest BCUT2D eigenvalue weighted by molar-refractivity contribution is 5.66. The van der Waals surface area contributed by atoms with Gasteiger partial charge in [-0.1, -0.05) is 25.5 Å². The van der Waals surface area contributed by atoms with Crippen LogP contribution in [0.4, 0.5) is 0 Å². The third-order valence-corrected chi connectivity index (χ3v) is 9.85. The number of esters is 2. The van der Waals surface area contributed by atoms with Gasteiger partial charge >= 0.3 is 11.9 Å². The van der Waals surface area contributed by atoms with Crippen LogP contribution in [0.15, 0.2) is 11.6 Å². The van der Waals surface area contributed by atoms with Gasteiger partial charge in [-0.15, -0.1) is 0 Å². The number of fused-ring (bicyclic) bond motifs is 7. The molecule has 0 unspecified atom stereocenters. The third kappa shape index (κ3) is 2.63. The highest BCUT2D eigenvalue weighted by Crippen LogP contribution is 2.74. The van der Waals surface area contributed by atoms with E-state index in [1.54, 1.807) is 0 Å². The number of carbonyl (C=O) groups excluding carboxylic acids is 2. The number of hydrogen-bond acceptors (Lipinski definition) is 5. The summed E-state index contributed by atoms with van der Waals surface area (Å²) < 4.78 is 17.5. The fourth-order valence-corrected chi connectivity index (χ4v) is 8.52. The summed E-state index contributed by atoms with van der Waals surface area (Å²) in [5, 5.41) is 0. The van der Waals surface area contributed by atoms with Gasteiger partial charge in [0.25, 0.3) is 0 Å². The normalized spacial score (nSPS) is 49.5. The van der Waals surface area contributed by atoms with Gasteiger partial charge in [0.2, 0.25) is 0 Å². The van der Waals surface area contributed by atoms with Crippen LogP contribution in [-0.2, 0) is 23.8 Å². The Bertz CT molecular complexity index is 803. The summed E-state index contributed by atoms with van der Waals surface area (Å²) in [6.45, 7) is 9.90. The second kappa shape index (κ2) is 6.57. The Kier molecular flexibility index (Phi) is 4.50. The van der Waals surface area contributed by atoms with E-state index < -0.39 is 0 Å². The average molecular weight is 417 g/mol. The summed E-state index contributed by atoms with van der Waals surface area (Å²) in [5.74, 6) is 1.60. The first kappa shape index (κ1) is 20.5. The van der Waals surface area contributed by atoms with Crippen molar-refractivity contribution in [2.24, 2.45) is 28.6 Å². The Hall–Kier alpha value is -1.36. The molecule has 3 saturated carbocycles. The molecule has 0 aromatic rings. The molecule has 9 atom stereocenters. The number of rotatable bonds is 3. The van der Waals surface area contributed by atoms with E-state index in [9.17, 15) is 9.59 Å². The van der Waals surface area contributed by atoms with Crippen molar-refractivity contribution in [3.05, 3.63) is 11.6 Å². The van der Waals surface area contributed by atoms with Crippen LogP contribution < -0.4 is 0 Å². The van der Waals surface area contributed by atoms with Gasteiger partial charge in [0, 0.05) is 25.7 Å². The minimum absolute atomic E-state index is 0.0487. The molecule has 1 heterocycles. The predicted molar refractivity (Wildman–Crippen MR) is 111 cm³/mol. The van der Waals surface area contributed by atoms with Gasteiger partial charge in [0.15, 0.2) is 0 Å². The molecule has 0 spiro atoms. The van der Waals surface area contributed by atoms with E-state index in [2.05, 4.69) is 19.9 Å². The third-order valence-electron chi connectivity index (χ3n) is 9.85. The minimum atomic E-state index is -0.286. The molecule has 166 valence electrons. The number of epoxide rings is 1. The molecule has 0 N–H and O–H groups in total. The van der Waals surface area contributed by atoms with E-state index in [1.807, 2.05) is 6.92 Å².